The summed E-state index contributed by atoms with van der Waals surface area (Å²) in [5, 5.41) is 27.5. The van der Waals surface area contributed by atoms with Gasteiger partial charge in [-0.15, -0.1) is 23.2 Å². The maximum absolute atomic E-state index is 13.5. The van der Waals surface area contributed by atoms with E-state index in [1.807, 2.05) is 24.3 Å². The van der Waals surface area contributed by atoms with Crippen LogP contribution in [0.1, 0.15) is 56.8 Å². The Labute approximate surface area is 389 Å². The Balaban J connectivity index is 1.26. The summed E-state index contributed by atoms with van der Waals surface area (Å²) in [6, 6.07) is 23.1. The number of anilines is 4. The predicted octanol–water partition coefficient (Wildman–Crippen LogP) is 11.0. The Bertz CT molecular complexity index is 2650. The van der Waals surface area contributed by atoms with Crippen molar-refractivity contribution in [2.45, 2.75) is 52.6 Å². The van der Waals surface area contributed by atoms with E-state index in [4.69, 9.17) is 46.4 Å². The Morgan fingerprint density at radius 2 is 0.953 bits per heavy atom. The van der Waals surface area contributed by atoms with E-state index in [1.165, 1.54) is 50.2 Å². The molecule has 0 bridgehead atoms. The molecule has 0 saturated heterocycles. The zero-order valence-corrected chi connectivity index (χ0v) is 38.0. The predicted molar refractivity (Wildman–Crippen MR) is 252 cm³/mol. The van der Waals surface area contributed by atoms with E-state index >= 15 is 0 Å². The van der Waals surface area contributed by atoms with Gasteiger partial charge >= 0.3 is 0 Å². The van der Waals surface area contributed by atoms with Gasteiger partial charge in [-0.2, -0.15) is 20.5 Å². The maximum Gasteiger partial charge on any atom is 0.258 e. The van der Waals surface area contributed by atoms with Crippen molar-refractivity contribution in [3.8, 4) is 0 Å². The average molecular weight is 945 g/mol. The van der Waals surface area contributed by atoms with E-state index in [2.05, 4.69) is 41.7 Å². The second-order valence-electron chi connectivity index (χ2n) is 14.3. The second-order valence-corrected chi connectivity index (χ2v) is 15.9. The molecular formula is C46H42Cl4N8O6. The summed E-state index contributed by atoms with van der Waals surface area (Å²) in [6.45, 7) is 5.72. The van der Waals surface area contributed by atoms with Crippen LogP contribution in [-0.4, -0.2) is 59.0 Å². The van der Waals surface area contributed by atoms with Gasteiger partial charge in [0.05, 0.1) is 32.5 Å². The number of hydrogen-bond donors (Lipinski definition) is 4. The fraction of sp³-hybridized carbons (Fsp3) is 0.217. The normalized spacial score (nSPS) is 12.1. The summed E-state index contributed by atoms with van der Waals surface area (Å²) in [7, 11) is 0. The van der Waals surface area contributed by atoms with Gasteiger partial charge in [-0.1, -0.05) is 59.6 Å². The van der Waals surface area contributed by atoms with E-state index in [9.17, 15) is 28.8 Å². The number of nitrogens with one attached hydrogen (secondary N) is 4. The van der Waals surface area contributed by atoms with Gasteiger partial charge < -0.3 is 21.3 Å². The van der Waals surface area contributed by atoms with Gasteiger partial charge in [0.15, 0.2) is 11.6 Å². The molecule has 4 amide bonds. The van der Waals surface area contributed by atoms with Crippen LogP contribution in [0.15, 0.2) is 118 Å². The summed E-state index contributed by atoms with van der Waals surface area (Å²) < 4.78 is 0. The highest BCUT2D eigenvalue weighted by atomic mass is 35.5. The van der Waals surface area contributed by atoms with Gasteiger partial charge in [-0.05, 0) is 123 Å². The van der Waals surface area contributed by atoms with Crippen molar-refractivity contribution in [1.82, 2.24) is 0 Å². The van der Waals surface area contributed by atoms with E-state index in [1.54, 1.807) is 50.2 Å². The van der Waals surface area contributed by atoms with E-state index in [0.29, 0.717) is 52.8 Å². The fourth-order valence-electron chi connectivity index (χ4n) is 6.32. The van der Waals surface area contributed by atoms with Crippen molar-refractivity contribution in [2.24, 2.45) is 20.5 Å². The minimum Gasteiger partial charge on any atom is -0.324 e. The molecule has 5 rings (SSSR count). The van der Waals surface area contributed by atoms with Gasteiger partial charge in [-0.25, -0.2) is 0 Å². The van der Waals surface area contributed by atoms with Crippen LogP contribution in [-0.2, 0) is 32.0 Å². The largest absolute Gasteiger partial charge is 0.324 e. The molecule has 0 fully saturated rings. The number of alkyl halides is 2. The minimum absolute atomic E-state index is 0.0942. The third-order valence-electron chi connectivity index (χ3n) is 9.54. The number of amides is 4. The first-order valence-electron chi connectivity index (χ1n) is 19.6. The van der Waals surface area contributed by atoms with Crippen molar-refractivity contribution in [3.05, 3.63) is 140 Å². The summed E-state index contributed by atoms with van der Waals surface area (Å²) in [5.41, 5.74) is 4.98. The molecule has 0 aromatic heterocycles. The fourth-order valence-corrected chi connectivity index (χ4v) is 7.14. The highest BCUT2D eigenvalue weighted by Gasteiger charge is 2.27. The molecule has 0 radical (unpaired) electrons. The van der Waals surface area contributed by atoms with E-state index in [-0.39, 0.29) is 38.2 Å². The third-order valence-corrected chi connectivity index (χ3v) is 10.6. The van der Waals surface area contributed by atoms with Crippen LogP contribution in [0.4, 0.5) is 34.1 Å². The lowest BCUT2D eigenvalue weighted by Crippen LogP contribution is -2.33. The number of Topliss-reactive ketones (excluding diaryl/α,β-unsaturated/α-hetero) is 2. The van der Waals surface area contributed by atoms with Crippen LogP contribution in [0.2, 0.25) is 10.0 Å². The molecule has 5 aromatic carbocycles. The zero-order valence-electron chi connectivity index (χ0n) is 35.0. The van der Waals surface area contributed by atoms with Crippen molar-refractivity contribution < 1.29 is 28.8 Å². The van der Waals surface area contributed by atoms with Crippen LogP contribution >= 0.6 is 46.4 Å². The lowest BCUT2D eigenvalue weighted by atomic mass is 10.1. The van der Waals surface area contributed by atoms with Crippen LogP contribution in [0.5, 0.6) is 0 Å². The molecule has 5 aromatic rings. The number of nitrogens with zero attached hydrogens (tertiary/aromatic N) is 4. The number of aryl methyl sites for hydroxylation is 4. The molecule has 0 aliphatic heterocycles. The number of halogens is 4. The maximum atomic E-state index is 13.5. The molecule has 14 nitrogen and oxygen atoms in total. The summed E-state index contributed by atoms with van der Waals surface area (Å²) in [5.74, 6) is -3.06. The number of carbonyl (C=O) groups excluding carboxylic acids is 6. The number of rotatable bonds is 18. The monoisotopic (exact) mass is 942 g/mol. The number of benzene rings is 5. The standard InChI is InChI=1S/C46H42Cl4N8O6/c1-25-21-33(51-45(63)41(27(3)59)57-55-31-13-15-36(49)34(23-31)43(61)52-38-11-7-5-9-29(38)17-19-47)22-26(2)40(25)54-46(64)42(28(4)60)58-56-32-14-16-37(50)35(24-32)44(62)53-39-12-8-6-10-30(39)18-20-48/h5-16,21-24,41-42H,17-20H2,1-4H3,(H,51,63)(H,52,61)(H,53,62)(H,54,64). The smallest absolute Gasteiger partial charge is 0.258 e. The molecule has 0 spiro atoms. The molecule has 2 unspecified atom stereocenters. The Kier molecular flexibility index (Phi) is 17.4. The molecule has 18 heteroatoms. The number of ketones is 2. The van der Waals surface area contributed by atoms with Crippen molar-refractivity contribution in [2.75, 3.05) is 33.0 Å². The summed E-state index contributed by atoms with van der Waals surface area (Å²) in [4.78, 5) is 78.5. The first kappa shape index (κ1) is 48.7. The molecule has 0 aliphatic rings. The zero-order chi connectivity index (χ0) is 46.5. The topological polar surface area (TPSA) is 200 Å². The van der Waals surface area contributed by atoms with Crippen molar-refractivity contribution in [1.29, 1.82) is 0 Å². The van der Waals surface area contributed by atoms with E-state index < -0.39 is 47.3 Å². The van der Waals surface area contributed by atoms with E-state index in [0.717, 1.165) is 11.1 Å². The van der Waals surface area contributed by atoms with Crippen molar-refractivity contribution in [3.63, 3.8) is 0 Å². The first-order chi connectivity index (χ1) is 30.6. The number of hydrogen-bond acceptors (Lipinski definition) is 10. The third kappa shape index (κ3) is 12.9. The molecule has 330 valence electrons. The SMILES string of the molecule is CC(=O)C(N=Nc1ccc(Cl)c(C(=O)Nc2ccccc2CCCl)c1)C(=O)Nc1cc(C)c(NC(=O)C(N=Nc2ccc(Cl)c(C(=O)Nc3ccccc3CCCl)c2)C(C)=O)c(C)c1. The Morgan fingerprint density at radius 1 is 0.547 bits per heavy atom. The molecule has 0 heterocycles. The van der Waals surface area contributed by atoms with Gasteiger partial charge in [0.1, 0.15) is 0 Å². The van der Waals surface area contributed by atoms with Gasteiger partial charge in [-0.3, -0.25) is 28.8 Å². The van der Waals surface area contributed by atoms with Crippen LogP contribution < -0.4 is 21.3 Å². The highest BCUT2D eigenvalue weighted by Crippen LogP contribution is 2.29. The minimum atomic E-state index is -1.56. The van der Waals surface area contributed by atoms with Crippen LogP contribution in [0, 0.1) is 13.8 Å². The van der Waals surface area contributed by atoms with Crippen LogP contribution in [0.3, 0.4) is 0 Å². The van der Waals surface area contributed by atoms with Gasteiger partial charge in [0.25, 0.3) is 23.6 Å². The van der Waals surface area contributed by atoms with Crippen LogP contribution in [0.25, 0.3) is 0 Å². The summed E-state index contributed by atoms with van der Waals surface area (Å²) in [6.07, 6.45) is 1.08. The number of para-hydroxylation sites is 2. The van der Waals surface area contributed by atoms with Gasteiger partial charge in [0.2, 0.25) is 12.1 Å². The second kappa shape index (κ2) is 22.9. The average Bonchev–Trinajstić information content (AvgIpc) is 3.24. The number of azo groups is 2. The molecule has 64 heavy (non-hydrogen) atoms. The summed E-state index contributed by atoms with van der Waals surface area (Å²) >= 11 is 24.6. The molecule has 0 aliphatic carbocycles. The molecular weight excluding hydrogens is 902 g/mol. The molecule has 0 saturated carbocycles. The van der Waals surface area contributed by atoms with Crippen molar-refractivity contribution >= 4 is 116 Å². The quantitative estimate of drug-likeness (QED) is 0.0382. The lowest BCUT2D eigenvalue weighted by Gasteiger charge is -2.17. The Hall–Kier alpha value is -6.32. The first-order valence-corrected chi connectivity index (χ1v) is 21.5. The number of carbonyl (C=O) groups is 6. The van der Waals surface area contributed by atoms with Gasteiger partial charge in [0, 0.05) is 34.5 Å². The molecule has 4 N–H and O–H groups in total. The Morgan fingerprint density at radius 3 is 1.36 bits per heavy atom. The molecule has 2 atom stereocenters. The highest BCUT2D eigenvalue weighted by molar-refractivity contribution is 6.35. The lowest BCUT2D eigenvalue weighted by molar-refractivity contribution is -0.127.